The van der Waals surface area contributed by atoms with E-state index in [1.165, 1.54) is 11.5 Å². The molecule has 6 heteroatoms. The summed E-state index contributed by atoms with van der Waals surface area (Å²) in [5.74, 6) is 1.64. The Hall–Kier alpha value is -2.44. The lowest BCUT2D eigenvalue weighted by molar-refractivity contribution is 0.305. The van der Waals surface area contributed by atoms with Gasteiger partial charge in [-0.05, 0) is 35.8 Å². The van der Waals surface area contributed by atoms with E-state index in [4.69, 9.17) is 9.84 Å². The van der Waals surface area contributed by atoms with Crippen LogP contribution in [0.15, 0.2) is 59.6 Å². The molecule has 3 rings (SSSR count). The van der Waals surface area contributed by atoms with E-state index < -0.39 is 0 Å². The third-order valence-electron chi connectivity index (χ3n) is 3.25. The Morgan fingerprint density at radius 1 is 1.13 bits per heavy atom. The first-order valence-electron chi connectivity index (χ1n) is 7.23. The van der Waals surface area contributed by atoms with E-state index in [0.717, 1.165) is 22.8 Å². The van der Waals surface area contributed by atoms with Crippen LogP contribution in [0.5, 0.6) is 5.75 Å². The van der Waals surface area contributed by atoms with Crippen molar-refractivity contribution >= 4 is 11.5 Å². The topological polar surface area (TPSA) is 59.6 Å². The average Bonchev–Trinajstić information content (AvgIpc) is 3.05. The quantitative estimate of drug-likeness (QED) is 0.783. The summed E-state index contributed by atoms with van der Waals surface area (Å²) in [6.45, 7) is 0.368. The highest BCUT2D eigenvalue weighted by atomic mass is 32.1. The van der Waals surface area contributed by atoms with E-state index in [2.05, 4.69) is 9.98 Å². The van der Waals surface area contributed by atoms with Gasteiger partial charge >= 0.3 is 0 Å². The molecule has 0 amide bonds. The molecule has 0 atom stereocenters. The summed E-state index contributed by atoms with van der Waals surface area (Å²) in [6, 6.07) is 17.8. The van der Waals surface area contributed by atoms with Crippen LogP contribution in [-0.2, 0) is 0 Å². The maximum absolute atomic E-state index is 8.96. The van der Waals surface area contributed by atoms with Crippen molar-refractivity contribution < 1.29 is 9.84 Å². The Morgan fingerprint density at radius 2 is 1.87 bits per heavy atom. The number of aliphatic hydroxyl groups excluding tert-OH is 1. The highest BCUT2D eigenvalue weighted by Crippen LogP contribution is 2.23. The van der Waals surface area contributed by atoms with Gasteiger partial charge in [0.2, 0.25) is 4.80 Å². The van der Waals surface area contributed by atoms with E-state index in [0.29, 0.717) is 11.3 Å². The van der Waals surface area contributed by atoms with E-state index in [1.807, 2.05) is 58.6 Å². The van der Waals surface area contributed by atoms with Gasteiger partial charge in [0.05, 0.1) is 25.9 Å². The van der Waals surface area contributed by atoms with Crippen LogP contribution in [0.1, 0.15) is 0 Å². The maximum Gasteiger partial charge on any atom is 0.223 e. The molecule has 0 radical (unpaired) electrons. The summed E-state index contributed by atoms with van der Waals surface area (Å²) in [7, 11) is 1.65. The molecule has 0 saturated heterocycles. The van der Waals surface area contributed by atoms with Crippen LogP contribution in [-0.4, -0.2) is 34.3 Å². The van der Waals surface area contributed by atoms with Crippen molar-refractivity contribution in [1.29, 1.82) is 0 Å². The second kappa shape index (κ2) is 7.21. The predicted octanol–water partition coefficient (Wildman–Crippen LogP) is 2.50. The minimum atomic E-state index is 0.0167. The first-order chi connectivity index (χ1) is 11.3. The molecule has 0 spiro atoms. The zero-order valence-electron chi connectivity index (χ0n) is 12.7. The molecular weight excluding hydrogens is 310 g/mol. The number of hydrogen-bond donors (Lipinski definition) is 1. The molecule has 3 aromatic rings. The Kier molecular flexibility index (Phi) is 4.85. The fourth-order valence-corrected chi connectivity index (χ4v) is 3.05. The Balaban J connectivity index is 2.11. The Labute approximate surface area is 138 Å². The number of aromatic nitrogens is 2. The fraction of sp³-hybridized carbons (Fsp3) is 0.176. The lowest BCUT2D eigenvalue weighted by Gasteiger charge is -2.07. The number of rotatable bonds is 5. The van der Waals surface area contributed by atoms with Crippen LogP contribution in [0.25, 0.3) is 17.1 Å². The number of hydrogen-bond acceptors (Lipinski definition) is 5. The van der Waals surface area contributed by atoms with Gasteiger partial charge < -0.3 is 9.84 Å². The lowest BCUT2D eigenvalue weighted by atomic mass is 10.2. The second-order valence-corrected chi connectivity index (χ2v) is 5.69. The number of nitrogens with zero attached hydrogens (tertiary/aromatic N) is 3. The van der Waals surface area contributed by atoms with Crippen LogP contribution in [0.3, 0.4) is 0 Å². The zero-order chi connectivity index (χ0) is 16.1. The largest absolute Gasteiger partial charge is 0.497 e. The molecule has 0 saturated carbocycles. The lowest BCUT2D eigenvalue weighted by Crippen LogP contribution is -2.01. The number of methoxy groups -OCH3 is 1. The van der Waals surface area contributed by atoms with Crippen molar-refractivity contribution in [2.24, 2.45) is 4.99 Å². The van der Waals surface area contributed by atoms with Gasteiger partial charge in [0.1, 0.15) is 5.75 Å². The molecule has 0 unspecified atom stereocenters. The Morgan fingerprint density at radius 3 is 2.52 bits per heavy atom. The fourth-order valence-electron chi connectivity index (χ4n) is 2.15. The molecule has 0 aliphatic rings. The SMILES string of the molecule is COc1ccc(-n2sc(=NCCO)nc2-c2ccccc2)cc1. The molecule has 0 aliphatic carbocycles. The highest BCUT2D eigenvalue weighted by Gasteiger charge is 2.10. The second-order valence-electron chi connectivity index (χ2n) is 4.77. The van der Waals surface area contributed by atoms with Gasteiger partial charge in [-0.15, -0.1) is 0 Å². The maximum atomic E-state index is 8.96. The van der Waals surface area contributed by atoms with Crippen molar-refractivity contribution in [1.82, 2.24) is 8.94 Å². The first kappa shape index (κ1) is 15.5. The molecule has 0 fully saturated rings. The summed E-state index contributed by atoms with van der Waals surface area (Å²) in [5.41, 5.74) is 2.01. The van der Waals surface area contributed by atoms with E-state index >= 15 is 0 Å². The van der Waals surface area contributed by atoms with E-state index in [1.54, 1.807) is 7.11 Å². The third-order valence-corrected chi connectivity index (χ3v) is 4.20. The summed E-state index contributed by atoms with van der Waals surface area (Å²) >= 11 is 1.45. The minimum absolute atomic E-state index is 0.0167. The molecule has 1 aromatic heterocycles. The van der Waals surface area contributed by atoms with Gasteiger partial charge in [0.25, 0.3) is 0 Å². The van der Waals surface area contributed by atoms with Gasteiger partial charge in [-0.2, -0.15) is 4.98 Å². The van der Waals surface area contributed by atoms with Crippen molar-refractivity contribution in [3.63, 3.8) is 0 Å². The molecule has 1 N–H and O–H groups in total. The van der Waals surface area contributed by atoms with Crippen LogP contribution in [0.2, 0.25) is 0 Å². The van der Waals surface area contributed by atoms with Crippen molar-refractivity contribution in [2.75, 3.05) is 20.3 Å². The number of benzene rings is 2. The standard InChI is InChI=1S/C17H17N3O2S/c1-22-15-9-7-14(8-10-15)20-16(13-5-3-2-4-6-13)19-17(23-20)18-11-12-21/h2-10,21H,11-12H2,1H3. The molecule has 0 bridgehead atoms. The van der Waals surface area contributed by atoms with Crippen LogP contribution in [0, 0.1) is 0 Å². The van der Waals surface area contributed by atoms with E-state index in [9.17, 15) is 0 Å². The smallest absolute Gasteiger partial charge is 0.223 e. The van der Waals surface area contributed by atoms with Crippen LogP contribution in [0.4, 0.5) is 0 Å². The summed E-state index contributed by atoms with van der Waals surface area (Å²) in [4.78, 5) is 9.56. The summed E-state index contributed by atoms with van der Waals surface area (Å²) in [5, 5.41) is 8.96. The van der Waals surface area contributed by atoms with Crippen molar-refractivity contribution in [3.05, 3.63) is 59.4 Å². The van der Waals surface area contributed by atoms with Crippen LogP contribution >= 0.6 is 11.5 Å². The van der Waals surface area contributed by atoms with E-state index in [-0.39, 0.29) is 6.61 Å². The summed E-state index contributed by atoms with van der Waals surface area (Å²) in [6.07, 6.45) is 0. The minimum Gasteiger partial charge on any atom is -0.497 e. The third kappa shape index (κ3) is 3.49. The molecule has 0 aliphatic heterocycles. The highest BCUT2D eigenvalue weighted by molar-refractivity contribution is 7.04. The van der Waals surface area contributed by atoms with Gasteiger partial charge in [-0.3, -0.25) is 4.99 Å². The summed E-state index contributed by atoms with van der Waals surface area (Å²) < 4.78 is 7.24. The van der Waals surface area contributed by atoms with Gasteiger partial charge in [-0.1, -0.05) is 30.3 Å². The number of aliphatic hydroxyl groups is 1. The van der Waals surface area contributed by atoms with Crippen molar-refractivity contribution in [2.45, 2.75) is 0 Å². The zero-order valence-corrected chi connectivity index (χ0v) is 13.5. The molecule has 118 valence electrons. The number of ether oxygens (including phenoxy) is 1. The monoisotopic (exact) mass is 327 g/mol. The molecule has 1 heterocycles. The molecule has 5 nitrogen and oxygen atoms in total. The van der Waals surface area contributed by atoms with Crippen molar-refractivity contribution in [3.8, 4) is 22.8 Å². The Bertz CT molecular complexity index is 823. The predicted molar refractivity (Wildman–Crippen MR) is 90.9 cm³/mol. The molecule has 2 aromatic carbocycles. The average molecular weight is 327 g/mol. The molecular formula is C17H17N3O2S. The van der Waals surface area contributed by atoms with Gasteiger partial charge in [-0.25, -0.2) is 3.96 Å². The van der Waals surface area contributed by atoms with Crippen LogP contribution < -0.4 is 9.54 Å². The normalized spacial score (nSPS) is 11.7. The van der Waals surface area contributed by atoms with Gasteiger partial charge in [0, 0.05) is 5.56 Å². The van der Waals surface area contributed by atoms with Gasteiger partial charge in [0.15, 0.2) is 5.82 Å². The molecule has 23 heavy (non-hydrogen) atoms. The first-order valence-corrected chi connectivity index (χ1v) is 8.01.